The van der Waals surface area contributed by atoms with Crippen LogP contribution in [0.5, 0.6) is 11.5 Å². The molecule has 23 heavy (non-hydrogen) atoms. The summed E-state index contributed by atoms with van der Waals surface area (Å²) >= 11 is 0. The van der Waals surface area contributed by atoms with Crippen LogP contribution in [0.3, 0.4) is 0 Å². The van der Waals surface area contributed by atoms with Gasteiger partial charge in [0.2, 0.25) is 0 Å². The third kappa shape index (κ3) is 1.34. The quantitative estimate of drug-likeness (QED) is 0.701. The predicted octanol–water partition coefficient (Wildman–Crippen LogP) is 1.08. The molecule has 2 N–H and O–H groups in total. The van der Waals surface area contributed by atoms with Crippen molar-refractivity contribution in [2.24, 2.45) is 0 Å². The van der Waals surface area contributed by atoms with E-state index in [1.54, 1.807) is 0 Å². The lowest BCUT2D eigenvalue weighted by Crippen LogP contribution is -2.33. The molecule has 7 heteroatoms. The average molecular weight is 314 g/mol. The Morgan fingerprint density at radius 2 is 2.09 bits per heavy atom. The maximum absolute atomic E-state index is 12.2. The van der Waals surface area contributed by atoms with E-state index in [2.05, 4.69) is 0 Å². The lowest BCUT2D eigenvalue weighted by Gasteiger charge is -2.18. The highest BCUT2D eigenvalue weighted by Gasteiger charge is 2.53. The molecule has 2 aliphatic heterocycles. The Bertz CT molecular complexity index is 1000. The van der Waals surface area contributed by atoms with Crippen molar-refractivity contribution < 1.29 is 28.9 Å². The molecule has 0 amide bonds. The van der Waals surface area contributed by atoms with Crippen molar-refractivity contribution >= 4 is 16.8 Å². The monoisotopic (exact) mass is 314 g/mol. The Hall–Kier alpha value is -2.80. The highest BCUT2D eigenvalue weighted by molar-refractivity contribution is 6.06. The van der Waals surface area contributed by atoms with Crippen molar-refractivity contribution in [1.29, 1.82) is 0 Å². The van der Waals surface area contributed by atoms with Crippen molar-refractivity contribution in [3.63, 3.8) is 0 Å². The van der Waals surface area contributed by atoms with Gasteiger partial charge in [0.1, 0.15) is 17.1 Å². The molecule has 0 saturated heterocycles. The number of ether oxygens (including phenoxy) is 2. The van der Waals surface area contributed by atoms with Gasteiger partial charge in [-0.05, 0) is 18.1 Å². The first-order valence-electron chi connectivity index (χ1n) is 7.12. The molecular weight excluding hydrogens is 304 g/mol. The van der Waals surface area contributed by atoms with Crippen molar-refractivity contribution in [2.45, 2.75) is 24.7 Å². The SMILES string of the molecule is O=C1CCc2c1c(=O)oc1c3c(cc(O)c21)O[C@H]1OC=C[C@@]31O. The molecule has 0 radical (unpaired) electrons. The fourth-order valence-corrected chi connectivity index (χ4v) is 3.61. The van der Waals surface area contributed by atoms with Crippen LogP contribution in [0.15, 0.2) is 27.6 Å². The Kier molecular flexibility index (Phi) is 2.07. The van der Waals surface area contributed by atoms with E-state index in [-0.39, 0.29) is 45.8 Å². The number of hydrogen-bond acceptors (Lipinski definition) is 7. The molecule has 0 bridgehead atoms. The number of hydrogen-bond donors (Lipinski definition) is 2. The summed E-state index contributed by atoms with van der Waals surface area (Å²) in [6.07, 6.45) is 2.25. The van der Waals surface area contributed by atoms with Gasteiger partial charge < -0.3 is 24.1 Å². The second kappa shape index (κ2) is 3.75. The first kappa shape index (κ1) is 12.7. The number of aliphatic hydroxyl groups is 1. The minimum absolute atomic E-state index is 0.0200. The summed E-state index contributed by atoms with van der Waals surface area (Å²) in [7, 11) is 0. The van der Waals surface area contributed by atoms with Gasteiger partial charge in [0, 0.05) is 12.5 Å². The molecule has 0 fully saturated rings. The van der Waals surface area contributed by atoms with Crippen molar-refractivity contribution in [3.8, 4) is 11.5 Å². The molecule has 116 valence electrons. The van der Waals surface area contributed by atoms with Gasteiger partial charge >= 0.3 is 5.63 Å². The normalized spacial score (nSPS) is 26.8. The van der Waals surface area contributed by atoms with E-state index in [0.717, 1.165) is 0 Å². The predicted molar refractivity (Wildman–Crippen MR) is 75.3 cm³/mol. The Balaban J connectivity index is 1.97. The molecule has 5 rings (SSSR count). The summed E-state index contributed by atoms with van der Waals surface area (Å²) in [6.45, 7) is 0. The maximum atomic E-state index is 12.2. The van der Waals surface area contributed by atoms with Crippen molar-refractivity contribution in [3.05, 3.63) is 45.5 Å². The molecule has 0 spiro atoms. The number of benzene rings is 1. The van der Waals surface area contributed by atoms with Crippen molar-refractivity contribution in [2.75, 3.05) is 0 Å². The average Bonchev–Trinajstić information content (AvgIpc) is 3.10. The molecule has 0 unspecified atom stereocenters. The van der Waals surface area contributed by atoms with Crippen LogP contribution in [0.2, 0.25) is 0 Å². The Morgan fingerprint density at radius 3 is 2.91 bits per heavy atom. The summed E-state index contributed by atoms with van der Waals surface area (Å²) < 4.78 is 16.0. The minimum Gasteiger partial charge on any atom is -0.507 e. The summed E-state index contributed by atoms with van der Waals surface area (Å²) in [5.74, 6) is -0.284. The third-order valence-electron chi connectivity index (χ3n) is 4.63. The van der Waals surface area contributed by atoms with Crippen LogP contribution in [0.1, 0.15) is 27.9 Å². The minimum atomic E-state index is -1.60. The Labute approximate surface area is 128 Å². The molecule has 2 aromatic rings. The number of rotatable bonds is 0. The van der Waals surface area contributed by atoms with E-state index in [1.807, 2.05) is 0 Å². The number of fused-ring (bicyclic) bond motifs is 7. The second-order valence-electron chi connectivity index (χ2n) is 5.85. The van der Waals surface area contributed by atoms with Gasteiger partial charge in [-0.2, -0.15) is 0 Å². The van der Waals surface area contributed by atoms with E-state index in [0.29, 0.717) is 12.0 Å². The number of aromatic hydroxyl groups is 1. The number of Topliss-reactive ketones (excluding diaryl/α,β-unsaturated/α-hetero) is 1. The number of ketones is 1. The third-order valence-corrected chi connectivity index (χ3v) is 4.63. The molecule has 1 aromatic heterocycles. The lowest BCUT2D eigenvalue weighted by molar-refractivity contribution is -0.109. The molecule has 2 atom stereocenters. The molecule has 3 heterocycles. The first-order valence-corrected chi connectivity index (χ1v) is 7.12. The van der Waals surface area contributed by atoms with Crippen LogP contribution < -0.4 is 10.4 Å². The fraction of sp³-hybridized carbons (Fsp3) is 0.250. The summed E-state index contributed by atoms with van der Waals surface area (Å²) in [5.41, 5.74) is -1.68. The van der Waals surface area contributed by atoms with Crippen LogP contribution in [-0.4, -0.2) is 22.3 Å². The summed E-state index contributed by atoms with van der Waals surface area (Å²) in [5, 5.41) is 21.4. The zero-order valence-corrected chi connectivity index (χ0v) is 11.7. The number of carbonyl (C=O) groups is 1. The van der Waals surface area contributed by atoms with Gasteiger partial charge in [0.25, 0.3) is 6.29 Å². The van der Waals surface area contributed by atoms with E-state index < -0.39 is 17.5 Å². The standard InChI is InChI=1S/C16H10O7/c17-7-2-1-6-10-8(18)5-9-12(13(10)23-14(19)11(6)7)16(20)3-4-21-15(16)22-9/h3-5,15,18,20H,1-2H2/t15-,16-/m1/s1. The first-order chi connectivity index (χ1) is 11.0. The largest absolute Gasteiger partial charge is 0.507 e. The Morgan fingerprint density at radius 1 is 1.26 bits per heavy atom. The van der Waals surface area contributed by atoms with Gasteiger partial charge in [0.15, 0.2) is 17.0 Å². The topological polar surface area (TPSA) is 106 Å². The van der Waals surface area contributed by atoms with E-state index in [9.17, 15) is 19.8 Å². The van der Waals surface area contributed by atoms with Crippen molar-refractivity contribution in [1.82, 2.24) is 0 Å². The van der Waals surface area contributed by atoms with Gasteiger partial charge in [0.05, 0.1) is 17.2 Å². The number of phenolic OH excluding ortho intramolecular Hbond substituents is 1. The van der Waals surface area contributed by atoms with Crippen LogP contribution in [0.4, 0.5) is 0 Å². The summed E-state index contributed by atoms with van der Waals surface area (Å²) in [6, 6.07) is 1.34. The highest BCUT2D eigenvalue weighted by atomic mass is 16.7. The van der Waals surface area contributed by atoms with E-state index in [4.69, 9.17) is 13.9 Å². The number of phenols is 1. The molecular formula is C16H10O7. The van der Waals surface area contributed by atoms with E-state index >= 15 is 0 Å². The van der Waals surface area contributed by atoms with Gasteiger partial charge in [-0.1, -0.05) is 0 Å². The highest BCUT2D eigenvalue weighted by Crippen LogP contribution is 2.51. The fourth-order valence-electron chi connectivity index (χ4n) is 3.61. The van der Waals surface area contributed by atoms with Crippen LogP contribution in [0, 0.1) is 0 Å². The maximum Gasteiger partial charge on any atom is 0.347 e. The molecule has 1 aliphatic carbocycles. The molecule has 7 nitrogen and oxygen atoms in total. The molecule has 0 saturated carbocycles. The zero-order chi connectivity index (χ0) is 15.9. The number of aryl methyl sites for hydroxylation is 1. The van der Waals surface area contributed by atoms with Crippen LogP contribution in [0.25, 0.3) is 11.0 Å². The molecule has 3 aliphatic rings. The van der Waals surface area contributed by atoms with E-state index in [1.165, 1.54) is 18.4 Å². The van der Waals surface area contributed by atoms with Crippen LogP contribution >= 0.6 is 0 Å². The van der Waals surface area contributed by atoms with Gasteiger partial charge in [-0.3, -0.25) is 4.79 Å². The lowest BCUT2D eigenvalue weighted by atomic mass is 9.92. The van der Waals surface area contributed by atoms with Gasteiger partial charge in [-0.25, -0.2) is 4.79 Å². The van der Waals surface area contributed by atoms with Crippen LogP contribution in [-0.2, 0) is 16.8 Å². The molecule has 1 aromatic carbocycles. The summed E-state index contributed by atoms with van der Waals surface area (Å²) in [4.78, 5) is 24.1. The smallest absolute Gasteiger partial charge is 0.347 e. The second-order valence-corrected chi connectivity index (χ2v) is 5.85. The van der Waals surface area contributed by atoms with Gasteiger partial charge in [-0.15, -0.1) is 0 Å². The zero-order valence-electron chi connectivity index (χ0n) is 11.7. The number of carbonyl (C=O) groups excluding carboxylic acids is 1.